The molecule has 1 aromatic heterocycles. The average Bonchev–Trinajstić information content (AvgIpc) is 3.20. The summed E-state index contributed by atoms with van der Waals surface area (Å²) in [5, 5.41) is 2.49. The molecule has 0 aliphatic carbocycles. The lowest BCUT2D eigenvalue weighted by atomic mass is 10.0. The fourth-order valence-corrected chi connectivity index (χ4v) is 4.42. The first-order chi connectivity index (χ1) is 14.7. The molecule has 3 aromatic rings. The normalized spacial score (nSPS) is 13.3. The average molecular weight is 482 g/mol. The van der Waals surface area contributed by atoms with Crippen molar-refractivity contribution in [2.45, 2.75) is 25.5 Å². The first-order valence-corrected chi connectivity index (χ1v) is 12.3. The van der Waals surface area contributed by atoms with Crippen LogP contribution in [0.25, 0.3) is 10.4 Å². The number of nitrogens with two attached hydrogens (primary N) is 1. The molecule has 164 valence electrons. The summed E-state index contributed by atoms with van der Waals surface area (Å²) < 4.78 is 30.2. The highest BCUT2D eigenvalue weighted by molar-refractivity contribution is 7.56. The summed E-state index contributed by atoms with van der Waals surface area (Å²) in [6, 6.07) is 16.6. The van der Waals surface area contributed by atoms with Crippen LogP contribution in [0.4, 0.5) is 4.39 Å². The summed E-state index contributed by atoms with van der Waals surface area (Å²) in [5.41, 5.74) is 7.06. The van der Waals surface area contributed by atoms with Gasteiger partial charge in [0.2, 0.25) is 5.57 Å². The van der Waals surface area contributed by atoms with Crippen LogP contribution in [-0.2, 0) is 17.6 Å². The second-order valence-electron chi connectivity index (χ2n) is 6.93. The molecule has 1 unspecified atom stereocenters. The number of aryl methyl sites for hydroxylation is 1. The first-order valence-electron chi connectivity index (χ1n) is 9.46. The summed E-state index contributed by atoms with van der Waals surface area (Å²) in [6.07, 6.45) is 1.48. The second-order valence-corrected chi connectivity index (χ2v) is 9.77. The van der Waals surface area contributed by atoms with E-state index in [9.17, 15) is 8.96 Å². The zero-order valence-electron chi connectivity index (χ0n) is 16.4. The van der Waals surface area contributed by atoms with E-state index in [0.29, 0.717) is 18.1 Å². The highest BCUT2D eigenvalue weighted by atomic mass is 35.5. The van der Waals surface area contributed by atoms with E-state index in [1.165, 1.54) is 0 Å². The first kappa shape index (κ1) is 23.7. The Balaban J connectivity index is 1.66. The van der Waals surface area contributed by atoms with Crippen molar-refractivity contribution in [1.29, 1.82) is 0 Å². The number of thiophene rings is 1. The molecule has 31 heavy (non-hydrogen) atoms. The number of halogens is 2. The van der Waals surface area contributed by atoms with Crippen LogP contribution < -0.4 is 10.5 Å². The number of rotatable bonds is 9. The van der Waals surface area contributed by atoms with Crippen LogP contribution in [0.1, 0.15) is 17.5 Å². The predicted molar refractivity (Wildman–Crippen MR) is 123 cm³/mol. The number of hydrogen-bond donors (Lipinski definition) is 3. The van der Waals surface area contributed by atoms with Gasteiger partial charge in [-0.3, -0.25) is 4.57 Å². The Kier molecular flexibility index (Phi) is 8.06. The lowest BCUT2D eigenvalue weighted by Gasteiger charge is -2.11. The standard InChI is InChI=1S/C22H22ClFNO4PS/c23-19-12-17(7-6-16(19)8-9-18(25)13-21(24)30(26,27)28)22-20(10-11-31-22)29-14-15-4-2-1-3-5-15/h1-7,10-13,18H,8-9,14,25H2,(H2,26,27,28). The zero-order valence-corrected chi connectivity index (χ0v) is 18.9. The Morgan fingerprint density at radius 1 is 1.23 bits per heavy atom. The molecule has 4 N–H and O–H groups in total. The highest BCUT2D eigenvalue weighted by Gasteiger charge is 2.21. The minimum absolute atomic E-state index is 0.289. The fraction of sp³-hybridized carbons (Fsp3) is 0.182. The maximum atomic E-state index is 13.4. The van der Waals surface area contributed by atoms with Crippen molar-refractivity contribution >= 4 is 30.5 Å². The molecule has 2 aromatic carbocycles. The Hall–Kier alpha value is -1.99. The van der Waals surface area contributed by atoms with Gasteiger partial charge in [-0.05, 0) is 53.1 Å². The van der Waals surface area contributed by atoms with E-state index in [1.54, 1.807) is 11.3 Å². The van der Waals surface area contributed by atoms with Crippen LogP contribution >= 0.6 is 30.5 Å². The molecule has 0 amide bonds. The van der Waals surface area contributed by atoms with Gasteiger partial charge in [0.15, 0.2) is 0 Å². The maximum Gasteiger partial charge on any atom is 0.384 e. The molecule has 0 saturated heterocycles. The van der Waals surface area contributed by atoms with Gasteiger partial charge in [0.1, 0.15) is 12.4 Å². The minimum atomic E-state index is -4.90. The Morgan fingerprint density at radius 3 is 2.65 bits per heavy atom. The summed E-state index contributed by atoms with van der Waals surface area (Å²) in [5.74, 6) is 0.776. The van der Waals surface area contributed by atoms with Crippen LogP contribution in [0.3, 0.4) is 0 Å². The molecule has 1 heterocycles. The summed E-state index contributed by atoms with van der Waals surface area (Å²) in [6.45, 7) is 0.465. The molecule has 0 aliphatic heterocycles. The van der Waals surface area contributed by atoms with E-state index < -0.39 is 19.2 Å². The zero-order chi connectivity index (χ0) is 22.4. The fourth-order valence-electron chi connectivity index (χ4n) is 2.93. The molecule has 1 atom stereocenters. The monoisotopic (exact) mass is 481 g/mol. The van der Waals surface area contributed by atoms with Gasteiger partial charge in [-0.2, -0.15) is 4.39 Å². The Labute approximate surface area is 189 Å². The van der Waals surface area contributed by atoms with Crippen molar-refractivity contribution in [2.75, 3.05) is 0 Å². The van der Waals surface area contributed by atoms with Crippen LogP contribution in [-0.4, -0.2) is 15.8 Å². The van der Waals surface area contributed by atoms with Crippen molar-refractivity contribution in [2.24, 2.45) is 5.73 Å². The number of benzene rings is 2. The molecular weight excluding hydrogens is 460 g/mol. The lowest BCUT2D eigenvalue weighted by molar-refractivity contribution is 0.309. The second kappa shape index (κ2) is 10.6. The molecule has 0 fully saturated rings. The Bertz CT molecular complexity index is 1100. The number of ether oxygens (including phenoxy) is 1. The van der Waals surface area contributed by atoms with Crippen molar-refractivity contribution in [3.63, 3.8) is 0 Å². The molecule has 0 aliphatic rings. The van der Waals surface area contributed by atoms with Gasteiger partial charge in [-0.1, -0.05) is 54.1 Å². The van der Waals surface area contributed by atoms with E-state index in [1.807, 2.05) is 60.0 Å². The van der Waals surface area contributed by atoms with Crippen molar-refractivity contribution < 1.29 is 23.5 Å². The minimum Gasteiger partial charge on any atom is -0.487 e. The van der Waals surface area contributed by atoms with Gasteiger partial charge in [-0.25, -0.2) is 0 Å². The molecule has 5 nitrogen and oxygen atoms in total. The van der Waals surface area contributed by atoms with E-state index in [2.05, 4.69) is 0 Å². The van der Waals surface area contributed by atoms with Crippen LogP contribution in [0.5, 0.6) is 5.75 Å². The van der Waals surface area contributed by atoms with Crippen LogP contribution in [0.2, 0.25) is 5.02 Å². The SMILES string of the molecule is NC(C=C(F)P(=O)(O)O)CCc1ccc(-c2sccc2OCc2ccccc2)cc1Cl. The van der Waals surface area contributed by atoms with Gasteiger partial charge in [0, 0.05) is 11.1 Å². The predicted octanol–water partition coefficient (Wildman–Crippen LogP) is 5.90. The Morgan fingerprint density at radius 2 is 1.97 bits per heavy atom. The highest BCUT2D eigenvalue weighted by Crippen LogP contribution is 2.45. The van der Waals surface area contributed by atoms with Crippen molar-refractivity contribution in [3.8, 4) is 16.2 Å². The van der Waals surface area contributed by atoms with Gasteiger partial charge < -0.3 is 20.3 Å². The molecule has 0 bridgehead atoms. The van der Waals surface area contributed by atoms with E-state index in [0.717, 1.165) is 33.4 Å². The third-order valence-corrected chi connectivity index (χ3v) is 6.56. The van der Waals surface area contributed by atoms with Crippen LogP contribution in [0.15, 0.2) is 71.6 Å². The largest absolute Gasteiger partial charge is 0.487 e. The maximum absolute atomic E-state index is 13.4. The summed E-state index contributed by atoms with van der Waals surface area (Å²) >= 11 is 8.00. The van der Waals surface area contributed by atoms with E-state index in [4.69, 9.17) is 31.9 Å². The smallest absolute Gasteiger partial charge is 0.384 e. The number of hydrogen-bond acceptors (Lipinski definition) is 4. The van der Waals surface area contributed by atoms with E-state index in [-0.39, 0.29) is 6.42 Å². The lowest BCUT2D eigenvalue weighted by Crippen LogP contribution is -2.18. The molecule has 0 radical (unpaired) electrons. The van der Waals surface area contributed by atoms with Crippen LogP contribution in [0, 0.1) is 0 Å². The van der Waals surface area contributed by atoms with E-state index >= 15 is 0 Å². The van der Waals surface area contributed by atoms with Gasteiger partial charge >= 0.3 is 7.60 Å². The summed E-state index contributed by atoms with van der Waals surface area (Å²) in [7, 11) is -4.90. The molecule has 9 heteroatoms. The van der Waals surface area contributed by atoms with Gasteiger partial charge in [0.25, 0.3) is 0 Å². The topological polar surface area (TPSA) is 92.8 Å². The van der Waals surface area contributed by atoms with Crippen molar-refractivity contribution in [3.05, 3.63) is 87.8 Å². The van der Waals surface area contributed by atoms with Gasteiger partial charge in [0.05, 0.1) is 4.88 Å². The molecule has 0 spiro atoms. The molecular formula is C22H22ClFNO4PS. The quantitative estimate of drug-likeness (QED) is 0.331. The third-order valence-electron chi connectivity index (χ3n) is 4.56. The van der Waals surface area contributed by atoms with Crippen molar-refractivity contribution in [1.82, 2.24) is 0 Å². The molecule has 0 saturated carbocycles. The third kappa shape index (κ3) is 6.74. The summed E-state index contributed by atoms with van der Waals surface area (Å²) in [4.78, 5) is 18.6. The van der Waals surface area contributed by atoms with Gasteiger partial charge in [-0.15, -0.1) is 11.3 Å². The molecule has 3 rings (SSSR count).